The standard InChI is InChI=1S/C24H31FN2O3/c1-6-11-26-24(29)19(5)27(14-20-9-7-8-10-21(20)25)23(28)15-30-22-13-16(2)12-17(3)18(22)4/h7-10,12-13,19H,6,11,14-15H2,1-5H3,(H,26,29). The molecule has 0 bridgehead atoms. The molecule has 1 atom stereocenters. The van der Waals surface area contributed by atoms with Crippen molar-refractivity contribution in [2.45, 2.75) is 53.6 Å². The van der Waals surface area contributed by atoms with Gasteiger partial charge in [-0.1, -0.05) is 31.2 Å². The lowest BCUT2D eigenvalue weighted by atomic mass is 10.1. The Kier molecular flexibility index (Phi) is 8.39. The van der Waals surface area contributed by atoms with Crippen LogP contribution >= 0.6 is 0 Å². The van der Waals surface area contributed by atoms with Crippen molar-refractivity contribution in [3.63, 3.8) is 0 Å². The lowest BCUT2D eigenvalue weighted by Crippen LogP contribution is -2.49. The highest BCUT2D eigenvalue weighted by atomic mass is 19.1. The zero-order valence-corrected chi connectivity index (χ0v) is 18.4. The van der Waals surface area contributed by atoms with Gasteiger partial charge in [-0.05, 0) is 62.9 Å². The minimum absolute atomic E-state index is 0.0125. The molecule has 0 aliphatic carbocycles. The first-order chi connectivity index (χ1) is 14.2. The molecule has 0 aliphatic rings. The monoisotopic (exact) mass is 414 g/mol. The molecule has 2 amide bonds. The molecule has 0 saturated heterocycles. The molecule has 2 aromatic carbocycles. The zero-order chi connectivity index (χ0) is 22.3. The molecule has 0 heterocycles. The molecular formula is C24H31FN2O3. The van der Waals surface area contributed by atoms with Gasteiger partial charge in [-0.2, -0.15) is 0 Å². The molecule has 2 aromatic rings. The summed E-state index contributed by atoms with van der Waals surface area (Å²) < 4.78 is 20.0. The van der Waals surface area contributed by atoms with Crippen LogP contribution in [0.1, 0.15) is 42.5 Å². The Morgan fingerprint density at radius 3 is 2.53 bits per heavy atom. The van der Waals surface area contributed by atoms with E-state index in [-0.39, 0.29) is 25.0 Å². The van der Waals surface area contributed by atoms with Crippen LogP contribution < -0.4 is 10.1 Å². The van der Waals surface area contributed by atoms with Gasteiger partial charge in [0.1, 0.15) is 17.6 Å². The van der Waals surface area contributed by atoms with Gasteiger partial charge in [0.25, 0.3) is 5.91 Å². The highest BCUT2D eigenvalue weighted by Crippen LogP contribution is 2.23. The normalized spacial score (nSPS) is 11.7. The average molecular weight is 415 g/mol. The molecule has 0 radical (unpaired) electrons. The van der Waals surface area contributed by atoms with E-state index in [1.165, 1.54) is 11.0 Å². The second-order valence-corrected chi connectivity index (χ2v) is 7.57. The Hall–Kier alpha value is -2.89. The number of carbonyl (C=O) groups excluding carboxylic acids is 2. The van der Waals surface area contributed by atoms with Gasteiger partial charge >= 0.3 is 0 Å². The maximum atomic E-state index is 14.2. The van der Waals surface area contributed by atoms with Gasteiger partial charge in [-0.25, -0.2) is 4.39 Å². The SMILES string of the molecule is CCCNC(=O)C(C)N(Cc1ccccc1F)C(=O)COc1cc(C)cc(C)c1C. The summed E-state index contributed by atoms with van der Waals surface area (Å²) in [5.41, 5.74) is 3.43. The van der Waals surface area contributed by atoms with Crippen LogP contribution in [0.5, 0.6) is 5.75 Å². The Labute approximate surface area is 178 Å². The molecule has 0 aromatic heterocycles. The Morgan fingerprint density at radius 1 is 1.17 bits per heavy atom. The van der Waals surface area contributed by atoms with E-state index in [9.17, 15) is 14.0 Å². The first-order valence-corrected chi connectivity index (χ1v) is 10.3. The number of aryl methyl sites for hydroxylation is 2. The summed E-state index contributed by atoms with van der Waals surface area (Å²) >= 11 is 0. The first-order valence-electron chi connectivity index (χ1n) is 10.3. The quantitative estimate of drug-likeness (QED) is 0.673. The van der Waals surface area contributed by atoms with Crippen LogP contribution in [-0.2, 0) is 16.1 Å². The van der Waals surface area contributed by atoms with Crippen LogP contribution in [0, 0.1) is 26.6 Å². The molecule has 0 spiro atoms. The maximum Gasteiger partial charge on any atom is 0.261 e. The van der Waals surface area contributed by atoms with Gasteiger partial charge in [0, 0.05) is 18.7 Å². The molecule has 6 heteroatoms. The summed E-state index contributed by atoms with van der Waals surface area (Å²) in [5, 5.41) is 2.80. The third kappa shape index (κ3) is 6.05. The van der Waals surface area contributed by atoms with Gasteiger partial charge in [0.15, 0.2) is 6.61 Å². The van der Waals surface area contributed by atoms with Gasteiger partial charge < -0.3 is 15.0 Å². The van der Waals surface area contributed by atoms with E-state index in [1.54, 1.807) is 25.1 Å². The molecular weight excluding hydrogens is 383 g/mol. The van der Waals surface area contributed by atoms with E-state index >= 15 is 0 Å². The Morgan fingerprint density at radius 2 is 1.87 bits per heavy atom. The van der Waals surface area contributed by atoms with Gasteiger partial charge in [0.05, 0.1) is 0 Å². The lowest BCUT2D eigenvalue weighted by Gasteiger charge is -2.29. The summed E-state index contributed by atoms with van der Waals surface area (Å²) in [6, 6.07) is 9.43. The Balaban J connectivity index is 2.21. The van der Waals surface area contributed by atoms with E-state index < -0.39 is 11.9 Å². The van der Waals surface area contributed by atoms with E-state index in [1.807, 2.05) is 33.8 Å². The first kappa shape index (κ1) is 23.4. The molecule has 1 N–H and O–H groups in total. The molecule has 1 unspecified atom stereocenters. The predicted octanol–water partition coefficient (Wildman–Crippen LogP) is 4.07. The van der Waals surface area contributed by atoms with Crippen LogP contribution in [0.3, 0.4) is 0 Å². The lowest BCUT2D eigenvalue weighted by molar-refractivity contribution is -0.142. The van der Waals surface area contributed by atoms with Crippen LogP contribution in [0.25, 0.3) is 0 Å². The van der Waals surface area contributed by atoms with Gasteiger partial charge in [-0.3, -0.25) is 9.59 Å². The average Bonchev–Trinajstić information content (AvgIpc) is 2.72. The molecule has 30 heavy (non-hydrogen) atoms. The Bertz CT molecular complexity index is 898. The number of nitrogens with zero attached hydrogens (tertiary/aromatic N) is 1. The third-order valence-electron chi connectivity index (χ3n) is 5.13. The topological polar surface area (TPSA) is 58.6 Å². The van der Waals surface area contributed by atoms with Gasteiger partial charge in [0.2, 0.25) is 5.91 Å². The number of rotatable bonds is 9. The number of hydrogen-bond acceptors (Lipinski definition) is 3. The molecule has 0 fully saturated rings. The number of amides is 2. The molecule has 0 saturated carbocycles. The number of ether oxygens (including phenoxy) is 1. The number of halogens is 1. The van der Waals surface area contributed by atoms with Crippen LogP contribution in [0.15, 0.2) is 36.4 Å². The fraction of sp³-hybridized carbons (Fsp3) is 0.417. The highest BCUT2D eigenvalue weighted by Gasteiger charge is 2.27. The molecule has 2 rings (SSSR count). The van der Waals surface area contributed by atoms with Gasteiger partial charge in [-0.15, -0.1) is 0 Å². The zero-order valence-electron chi connectivity index (χ0n) is 18.4. The second kappa shape index (κ2) is 10.8. The van der Waals surface area contributed by atoms with Crippen molar-refractivity contribution in [1.29, 1.82) is 0 Å². The second-order valence-electron chi connectivity index (χ2n) is 7.57. The smallest absolute Gasteiger partial charge is 0.261 e. The van der Waals surface area contributed by atoms with E-state index in [4.69, 9.17) is 4.74 Å². The minimum Gasteiger partial charge on any atom is -0.483 e. The van der Waals surface area contributed by atoms with E-state index in [0.29, 0.717) is 17.9 Å². The van der Waals surface area contributed by atoms with Crippen LogP contribution in [0.2, 0.25) is 0 Å². The van der Waals surface area contributed by atoms with Crippen molar-refractivity contribution in [3.8, 4) is 5.75 Å². The van der Waals surface area contributed by atoms with Crippen molar-refractivity contribution in [3.05, 3.63) is 64.5 Å². The van der Waals surface area contributed by atoms with Crippen LogP contribution in [-0.4, -0.2) is 35.9 Å². The van der Waals surface area contributed by atoms with Crippen molar-refractivity contribution < 1.29 is 18.7 Å². The number of benzene rings is 2. The van der Waals surface area contributed by atoms with Crippen molar-refractivity contribution in [2.75, 3.05) is 13.2 Å². The number of hydrogen-bond donors (Lipinski definition) is 1. The summed E-state index contributed by atoms with van der Waals surface area (Å²) in [6.07, 6.45) is 0.787. The summed E-state index contributed by atoms with van der Waals surface area (Å²) in [6.45, 7) is 9.76. The minimum atomic E-state index is -0.757. The van der Waals surface area contributed by atoms with Crippen molar-refractivity contribution in [2.24, 2.45) is 0 Å². The number of nitrogens with one attached hydrogen (secondary N) is 1. The molecule has 5 nitrogen and oxygen atoms in total. The summed E-state index contributed by atoms with van der Waals surface area (Å²) in [5.74, 6) is -0.433. The fourth-order valence-corrected chi connectivity index (χ4v) is 3.16. The van der Waals surface area contributed by atoms with E-state index in [0.717, 1.165) is 23.1 Å². The third-order valence-corrected chi connectivity index (χ3v) is 5.13. The fourth-order valence-electron chi connectivity index (χ4n) is 3.16. The highest BCUT2D eigenvalue weighted by molar-refractivity contribution is 5.88. The van der Waals surface area contributed by atoms with Crippen molar-refractivity contribution >= 4 is 11.8 Å². The summed E-state index contributed by atoms with van der Waals surface area (Å²) in [7, 11) is 0. The maximum absolute atomic E-state index is 14.2. The van der Waals surface area contributed by atoms with Crippen molar-refractivity contribution in [1.82, 2.24) is 10.2 Å². The largest absolute Gasteiger partial charge is 0.483 e. The summed E-state index contributed by atoms with van der Waals surface area (Å²) in [4.78, 5) is 26.9. The number of carbonyl (C=O) groups is 2. The van der Waals surface area contributed by atoms with Crippen LogP contribution in [0.4, 0.5) is 4.39 Å². The van der Waals surface area contributed by atoms with E-state index in [2.05, 4.69) is 11.4 Å². The predicted molar refractivity (Wildman–Crippen MR) is 116 cm³/mol. The molecule has 162 valence electrons. The molecule has 0 aliphatic heterocycles.